The quantitative estimate of drug-likeness (QED) is 0.114. The van der Waals surface area contributed by atoms with Crippen molar-refractivity contribution in [2.45, 2.75) is 28.8 Å². The van der Waals surface area contributed by atoms with E-state index in [1.165, 1.54) is 29.6 Å². The maximum atomic E-state index is 13.6. The maximum Gasteiger partial charge on any atom is 0.263 e. The normalized spacial score (nSPS) is 16.8. The average molecular weight is 653 g/mol. The molecule has 220 valence electrons. The Morgan fingerprint density at radius 1 is 1.20 bits per heavy atom. The molecule has 1 aliphatic rings. The van der Waals surface area contributed by atoms with E-state index in [2.05, 4.69) is 15.2 Å². The van der Waals surface area contributed by atoms with Gasteiger partial charge in [-0.3, -0.25) is 15.1 Å². The zero-order valence-corrected chi connectivity index (χ0v) is 25.4. The van der Waals surface area contributed by atoms with E-state index >= 15 is 0 Å². The average Bonchev–Trinajstić information content (AvgIpc) is 3.64. The number of hydrogen-bond donors (Lipinski definition) is 3. The number of carbonyl (C=O) groups is 1. The van der Waals surface area contributed by atoms with E-state index in [1.807, 2.05) is 19.1 Å². The standard InChI is InChI=1S/C22H28N6O7S4.ClH/c1-2-35-17-6-4-16(5-7-17)19-8-9-20(37-19)39(33,34)28-11-10-27(14-18(28)21(29)26-30)38(31,32)13-3-12-36-22-23-15-24-25-22;/h4-9,15,18,30H,2-3,10-14H2,1H3,(H,26,29)(H,23,24,25);1H/t18-;/m1./s1. The molecule has 1 fully saturated rings. The van der Waals surface area contributed by atoms with Crippen LogP contribution in [0.15, 0.2) is 52.1 Å². The highest BCUT2D eigenvalue weighted by Crippen LogP contribution is 2.34. The van der Waals surface area contributed by atoms with E-state index < -0.39 is 38.5 Å². The van der Waals surface area contributed by atoms with Crippen LogP contribution in [0.5, 0.6) is 5.75 Å². The van der Waals surface area contributed by atoms with Crippen LogP contribution in [0.25, 0.3) is 10.4 Å². The lowest BCUT2D eigenvalue weighted by Crippen LogP contribution is -2.61. The molecule has 4 rings (SSSR count). The Labute approximate surface area is 246 Å². The molecule has 13 nitrogen and oxygen atoms in total. The fraction of sp³-hybridized carbons (Fsp3) is 0.409. The summed E-state index contributed by atoms with van der Waals surface area (Å²) in [4.78, 5) is 17.2. The van der Waals surface area contributed by atoms with Crippen molar-refractivity contribution in [1.29, 1.82) is 0 Å². The molecule has 2 aromatic heterocycles. The van der Waals surface area contributed by atoms with E-state index in [4.69, 9.17) is 4.74 Å². The first-order valence-electron chi connectivity index (χ1n) is 11.9. The van der Waals surface area contributed by atoms with Crippen molar-refractivity contribution in [3.8, 4) is 16.2 Å². The molecular weight excluding hydrogens is 624 g/mol. The number of thiophene rings is 1. The molecule has 40 heavy (non-hydrogen) atoms. The van der Waals surface area contributed by atoms with Gasteiger partial charge in [0.1, 0.15) is 22.3 Å². The van der Waals surface area contributed by atoms with Gasteiger partial charge in [0, 0.05) is 30.3 Å². The van der Waals surface area contributed by atoms with Gasteiger partial charge in [0.05, 0.1) is 12.4 Å². The predicted molar refractivity (Wildman–Crippen MR) is 153 cm³/mol. The van der Waals surface area contributed by atoms with Crippen LogP contribution in [0.1, 0.15) is 13.3 Å². The number of sulfonamides is 2. The summed E-state index contributed by atoms with van der Waals surface area (Å²) < 4.78 is 60.5. The van der Waals surface area contributed by atoms with Crippen LogP contribution in [-0.4, -0.2) is 95.5 Å². The summed E-state index contributed by atoms with van der Waals surface area (Å²) in [5, 5.41) is 16.3. The second-order valence-electron chi connectivity index (χ2n) is 8.34. The number of thioether (sulfide) groups is 1. The molecule has 0 bridgehead atoms. The van der Waals surface area contributed by atoms with E-state index in [0.29, 0.717) is 34.6 Å². The number of nitrogens with zero attached hydrogens (tertiary/aromatic N) is 4. The van der Waals surface area contributed by atoms with Crippen LogP contribution in [-0.2, 0) is 24.8 Å². The topological polar surface area (TPSA) is 175 Å². The Kier molecular flexibility index (Phi) is 11.4. The van der Waals surface area contributed by atoms with Crippen molar-refractivity contribution >= 4 is 61.5 Å². The largest absolute Gasteiger partial charge is 0.494 e. The number of hydrogen-bond acceptors (Lipinski definition) is 11. The van der Waals surface area contributed by atoms with Gasteiger partial charge in [0.2, 0.25) is 15.2 Å². The number of piperazine rings is 1. The molecule has 0 saturated carbocycles. The summed E-state index contributed by atoms with van der Waals surface area (Å²) >= 11 is 2.34. The number of carbonyl (C=O) groups excluding carboxylic acids is 1. The molecule has 0 aliphatic carbocycles. The fourth-order valence-electron chi connectivity index (χ4n) is 3.98. The van der Waals surface area contributed by atoms with E-state index in [0.717, 1.165) is 25.5 Å². The zero-order chi connectivity index (χ0) is 28.0. The smallest absolute Gasteiger partial charge is 0.263 e. The zero-order valence-electron chi connectivity index (χ0n) is 21.3. The lowest BCUT2D eigenvalue weighted by atomic mass is 10.2. The van der Waals surface area contributed by atoms with Crippen LogP contribution < -0.4 is 10.2 Å². The van der Waals surface area contributed by atoms with Gasteiger partial charge >= 0.3 is 0 Å². The van der Waals surface area contributed by atoms with E-state index in [1.54, 1.807) is 18.2 Å². The van der Waals surface area contributed by atoms with Gasteiger partial charge in [-0.05, 0) is 55.3 Å². The Morgan fingerprint density at radius 2 is 1.95 bits per heavy atom. The number of halogens is 1. The second kappa shape index (κ2) is 14.1. The molecule has 1 amide bonds. The van der Waals surface area contributed by atoms with Crippen molar-refractivity contribution in [2.75, 3.05) is 37.7 Å². The third-order valence-electron chi connectivity index (χ3n) is 5.87. The lowest BCUT2D eigenvalue weighted by molar-refractivity contribution is -0.134. The molecule has 3 N–H and O–H groups in total. The number of nitrogens with one attached hydrogen (secondary N) is 2. The number of aromatic amines is 1. The van der Waals surface area contributed by atoms with Crippen LogP contribution in [0.4, 0.5) is 0 Å². The number of benzene rings is 1. The van der Waals surface area contributed by atoms with Crippen LogP contribution >= 0.6 is 35.5 Å². The molecule has 1 aliphatic heterocycles. The summed E-state index contributed by atoms with van der Waals surface area (Å²) in [5.41, 5.74) is 2.28. The molecular formula is C22H29ClN6O7S4. The van der Waals surface area contributed by atoms with Crippen molar-refractivity contribution in [2.24, 2.45) is 0 Å². The first-order valence-corrected chi connectivity index (χ1v) is 16.8. The van der Waals surface area contributed by atoms with Gasteiger partial charge in [-0.1, -0.05) is 11.8 Å². The third kappa shape index (κ3) is 7.52. The SMILES string of the molecule is CCOc1ccc(-c2ccc(S(=O)(=O)N3CCN(S(=O)(=O)CCCSc4nc[nH]n4)C[C@@H]3C(=O)NO)s2)cc1.Cl. The fourth-order valence-corrected chi connectivity index (χ4v) is 9.39. The minimum Gasteiger partial charge on any atom is -0.494 e. The van der Waals surface area contributed by atoms with E-state index in [-0.39, 0.29) is 35.5 Å². The number of ether oxygens (including phenoxy) is 1. The minimum absolute atomic E-state index is 0. The van der Waals surface area contributed by atoms with Crippen molar-refractivity contribution < 1.29 is 31.6 Å². The van der Waals surface area contributed by atoms with Gasteiger partial charge in [-0.2, -0.15) is 8.61 Å². The molecule has 0 radical (unpaired) electrons. The molecule has 0 unspecified atom stereocenters. The summed E-state index contributed by atoms with van der Waals surface area (Å²) in [6.45, 7) is 1.62. The molecule has 1 aromatic carbocycles. The number of amides is 1. The van der Waals surface area contributed by atoms with Gasteiger partial charge in [0.25, 0.3) is 15.9 Å². The Bertz CT molecular complexity index is 1470. The van der Waals surface area contributed by atoms with Crippen LogP contribution in [0, 0.1) is 0 Å². The van der Waals surface area contributed by atoms with E-state index in [9.17, 15) is 26.8 Å². The highest BCUT2D eigenvalue weighted by atomic mass is 35.5. The molecule has 3 aromatic rings. The lowest BCUT2D eigenvalue weighted by Gasteiger charge is -2.38. The van der Waals surface area contributed by atoms with Crippen molar-refractivity contribution in [3.63, 3.8) is 0 Å². The highest BCUT2D eigenvalue weighted by molar-refractivity contribution is 7.99. The first-order chi connectivity index (χ1) is 18.7. The maximum absolute atomic E-state index is 13.6. The third-order valence-corrected chi connectivity index (χ3v) is 12.2. The van der Waals surface area contributed by atoms with Gasteiger partial charge < -0.3 is 4.74 Å². The molecule has 3 heterocycles. The van der Waals surface area contributed by atoms with Crippen molar-refractivity contribution in [3.05, 3.63) is 42.7 Å². The van der Waals surface area contributed by atoms with Crippen molar-refractivity contribution in [1.82, 2.24) is 29.3 Å². The molecule has 1 saturated heterocycles. The Morgan fingerprint density at radius 3 is 2.60 bits per heavy atom. The number of H-pyrrole nitrogens is 1. The Hall–Kier alpha value is -2.25. The van der Waals surface area contributed by atoms with Gasteiger partial charge in [-0.15, -0.1) is 28.8 Å². The number of hydroxylamine groups is 1. The summed E-state index contributed by atoms with van der Waals surface area (Å²) in [6.07, 6.45) is 1.73. The van der Waals surface area contributed by atoms with Crippen LogP contribution in [0.2, 0.25) is 0 Å². The first kappa shape index (κ1) is 32.3. The van der Waals surface area contributed by atoms with Crippen LogP contribution in [0.3, 0.4) is 0 Å². The van der Waals surface area contributed by atoms with Gasteiger partial charge in [0.15, 0.2) is 0 Å². The molecule has 1 atom stereocenters. The second-order valence-corrected chi connectivity index (χ2v) is 14.7. The highest BCUT2D eigenvalue weighted by Gasteiger charge is 2.43. The Balaban J connectivity index is 0.00000441. The van der Waals surface area contributed by atoms with Gasteiger partial charge in [-0.25, -0.2) is 27.3 Å². The predicted octanol–water partition coefficient (Wildman–Crippen LogP) is 2.05. The number of rotatable bonds is 12. The molecule has 18 heteroatoms. The number of aromatic nitrogens is 3. The summed E-state index contributed by atoms with van der Waals surface area (Å²) in [6, 6.07) is 8.91. The summed E-state index contributed by atoms with van der Waals surface area (Å²) in [5.74, 6) is -0.0473. The summed E-state index contributed by atoms with van der Waals surface area (Å²) in [7, 11) is -7.96. The minimum atomic E-state index is -4.17. The molecule has 0 spiro atoms. The monoisotopic (exact) mass is 652 g/mol.